The number of carbonyl (C=O) groups excluding carboxylic acids is 1. The van der Waals surface area contributed by atoms with E-state index in [9.17, 15) is 9.90 Å². The average Bonchev–Trinajstić information content (AvgIpc) is 2.34. The molecule has 2 rings (SSSR count). The molecule has 0 radical (unpaired) electrons. The molecule has 0 bridgehead atoms. The van der Waals surface area contributed by atoms with Crippen LogP contribution in [0.3, 0.4) is 0 Å². The number of hydrogen-bond acceptors (Lipinski definition) is 4. The first kappa shape index (κ1) is 11.9. The molecule has 4 N–H and O–H groups in total. The van der Waals surface area contributed by atoms with Gasteiger partial charge in [-0.1, -0.05) is 6.07 Å². The van der Waals surface area contributed by atoms with Crippen LogP contribution in [-0.2, 0) is 0 Å². The summed E-state index contributed by atoms with van der Waals surface area (Å²) >= 11 is 0. The van der Waals surface area contributed by atoms with Crippen molar-refractivity contribution in [3.05, 3.63) is 47.8 Å². The van der Waals surface area contributed by atoms with E-state index < -0.39 is 5.91 Å². The van der Waals surface area contributed by atoms with E-state index in [1.54, 1.807) is 12.1 Å². The molecular formula is C13H13N3O2. The fourth-order valence-electron chi connectivity index (χ4n) is 1.54. The fourth-order valence-corrected chi connectivity index (χ4v) is 1.54. The minimum Gasteiger partial charge on any atom is -0.505 e. The first-order valence-electron chi connectivity index (χ1n) is 5.38. The number of carbonyl (C=O) groups is 1. The molecule has 0 unspecified atom stereocenters. The highest BCUT2D eigenvalue weighted by Crippen LogP contribution is 2.21. The lowest BCUT2D eigenvalue weighted by Gasteiger charge is -2.09. The fraction of sp³-hybridized carbons (Fsp3) is 0.0769. The predicted octanol–water partition coefficient (Wildman–Crippen LogP) is 1.93. The molecule has 0 spiro atoms. The van der Waals surface area contributed by atoms with Crippen molar-refractivity contribution in [2.45, 2.75) is 6.92 Å². The topological polar surface area (TPSA) is 88.2 Å². The molecule has 0 saturated carbocycles. The Hall–Kier alpha value is -2.56. The van der Waals surface area contributed by atoms with Crippen LogP contribution in [0.4, 0.5) is 11.4 Å². The Morgan fingerprint density at radius 1 is 1.39 bits per heavy atom. The predicted molar refractivity (Wildman–Crippen MR) is 69.4 cm³/mol. The van der Waals surface area contributed by atoms with E-state index in [4.69, 9.17) is 5.73 Å². The summed E-state index contributed by atoms with van der Waals surface area (Å²) in [5.41, 5.74) is 7.91. The van der Waals surface area contributed by atoms with E-state index in [0.29, 0.717) is 11.4 Å². The van der Waals surface area contributed by atoms with Crippen LogP contribution < -0.4 is 11.1 Å². The SMILES string of the molecule is Cc1ccc(N)cc1NC(=O)c1ccncc1O. The second kappa shape index (κ2) is 4.75. The Morgan fingerprint density at radius 2 is 2.17 bits per heavy atom. The van der Waals surface area contributed by atoms with Crippen LogP contribution in [0.15, 0.2) is 36.7 Å². The number of rotatable bonds is 2. The average molecular weight is 243 g/mol. The lowest BCUT2D eigenvalue weighted by atomic mass is 10.1. The number of nitrogens with zero attached hydrogens (tertiary/aromatic N) is 1. The summed E-state index contributed by atoms with van der Waals surface area (Å²) < 4.78 is 0. The maximum absolute atomic E-state index is 12.0. The lowest BCUT2D eigenvalue weighted by Crippen LogP contribution is -2.13. The van der Waals surface area contributed by atoms with Gasteiger partial charge in [-0.2, -0.15) is 0 Å². The monoisotopic (exact) mass is 243 g/mol. The van der Waals surface area contributed by atoms with Gasteiger partial charge in [0, 0.05) is 17.6 Å². The summed E-state index contributed by atoms with van der Waals surface area (Å²) in [4.78, 5) is 15.7. The van der Waals surface area contributed by atoms with Crippen molar-refractivity contribution in [2.75, 3.05) is 11.1 Å². The highest BCUT2D eigenvalue weighted by molar-refractivity contribution is 6.06. The molecule has 1 amide bonds. The second-order valence-electron chi connectivity index (χ2n) is 3.92. The smallest absolute Gasteiger partial charge is 0.259 e. The van der Waals surface area contributed by atoms with Crippen molar-refractivity contribution in [1.29, 1.82) is 0 Å². The molecule has 0 aliphatic rings. The van der Waals surface area contributed by atoms with Crippen LogP contribution >= 0.6 is 0 Å². The minimum absolute atomic E-state index is 0.156. The molecule has 5 heteroatoms. The standard InChI is InChI=1S/C13H13N3O2/c1-8-2-3-9(14)6-11(8)16-13(18)10-4-5-15-7-12(10)17/h2-7,17H,14H2,1H3,(H,16,18). The zero-order valence-electron chi connectivity index (χ0n) is 9.84. The van der Waals surface area contributed by atoms with Gasteiger partial charge in [-0.05, 0) is 30.7 Å². The Morgan fingerprint density at radius 3 is 2.89 bits per heavy atom. The number of nitrogens with two attached hydrogens (primary N) is 1. The van der Waals surface area contributed by atoms with Gasteiger partial charge < -0.3 is 16.2 Å². The molecule has 92 valence electrons. The first-order valence-corrected chi connectivity index (χ1v) is 5.38. The Bertz CT molecular complexity index is 597. The van der Waals surface area contributed by atoms with E-state index >= 15 is 0 Å². The number of hydrogen-bond donors (Lipinski definition) is 3. The molecule has 0 aliphatic carbocycles. The van der Waals surface area contributed by atoms with Gasteiger partial charge in [0.25, 0.3) is 5.91 Å². The quantitative estimate of drug-likeness (QED) is 0.703. The Balaban J connectivity index is 2.27. The van der Waals surface area contributed by atoms with Crippen LogP contribution in [0.25, 0.3) is 0 Å². The van der Waals surface area contributed by atoms with E-state index in [2.05, 4.69) is 10.3 Å². The number of aryl methyl sites for hydroxylation is 1. The number of nitrogens with one attached hydrogen (secondary N) is 1. The molecule has 0 aliphatic heterocycles. The van der Waals surface area contributed by atoms with E-state index in [1.807, 2.05) is 13.0 Å². The summed E-state index contributed by atoms with van der Waals surface area (Å²) in [5.74, 6) is -0.555. The molecule has 18 heavy (non-hydrogen) atoms. The highest BCUT2D eigenvalue weighted by atomic mass is 16.3. The van der Waals surface area contributed by atoms with Crippen LogP contribution in [0, 0.1) is 6.92 Å². The maximum Gasteiger partial charge on any atom is 0.259 e. The van der Waals surface area contributed by atoms with E-state index in [-0.39, 0.29) is 11.3 Å². The number of nitrogen functional groups attached to an aromatic ring is 1. The van der Waals surface area contributed by atoms with Crippen molar-refractivity contribution in [2.24, 2.45) is 0 Å². The summed E-state index contributed by atoms with van der Waals surface area (Å²) in [6.07, 6.45) is 2.67. The third-order valence-corrected chi connectivity index (χ3v) is 2.55. The minimum atomic E-state index is -0.399. The van der Waals surface area contributed by atoms with Crippen LogP contribution in [0.1, 0.15) is 15.9 Å². The van der Waals surface area contributed by atoms with Gasteiger partial charge in [-0.25, -0.2) is 0 Å². The van der Waals surface area contributed by atoms with Crippen LogP contribution in [-0.4, -0.2) is 16.0 Å². The van der Waals surface area contributed by atoms with Crippen LogP contribution in [0.5, 0.6) is 5.75 Å². The van der Waals surface area contributed by atoms with Crippen molar-refractivity contribution in [1.82, 2.24) is 4.98 Å². The first-order chi connectivity index (χ1) is 8.58. The third kappa shape index (κ3) is 2.40. The summed E-state index contributed by atoms with van der Waals surface area (Å²) in [6, 6.07) is 6.70. The zero-order chi connectivity index (χ0) is 13.1. The highest BCUT2D eigenvalue weighted by Gasteiger charge is 2.11. The van der Waals surface area contributed by atoms with Gasteiger partial charge in [-0.3, -0.25) is 9.78 Å². The van der Waals surface area contributed by atoms with Crippen molar-refractivity contribution in [3.8, 4) is 5.75 Å². The Labute approximate surface area is 104 Å². The Kier molecular flexibility index (Phi) is 3.14. The summed E-state index contributed by atoms with van der Waals surface area (Å²) in [6.45, 7) is 1.86. The maximum atomic E-state index is 12.0. The lowest BCUT2D eigenvalue weighted by molar-refractivity contribution is 0.102. The molecule has 2 aromatic rings. The van der Waals surface area contributed by atoms with Gasteiger partial charge in [0.1, 0.15) is 5.75 Å². The number of aromatic hydroxyl groups is 1. The molecule has 1 aromatic carbocycles. The summed E-state index contributed by atoms with van der Waals surface area (Å²) in [7, 11) is 0. The normalized spacial score (nSPS) is 10.1. The molecule has 0 saturated heterocycles. The van der Waals surface area contributed by atoms with Gasteiger partial charge >= 0.3 is 0 Å². The van der Waals surface area contributed by atoms with Gasteiger partial charge in [0.05, 0.1) is 11.8 Å². The largest absolute Gasteiger partial charge is 0.505 e. The number of benzene rings is 1. The zero-order valence-corrected chi connectivity index (χ0v) is 9.84. The molecular weight excluding hydrogens is 230 g/mol. The van der Waals surface area contributed by atoms with Crippen molar-refractivity contribution in [3.63, 3.8) is 0 Å². The van der Waals surface area contributed by atoms with E-state index in [1.165, 1.54) is 18.5 Å². The van der Waals surface area contributed by atoms with Crippen molar-refractivity contribution < 1.29 is 9.90 Å². The molecule has 0 fully saturated rings. The van der Waals surface area contributed by atoms with Crippen LogP contribution in [0.2, 0.25) is 0 Å². The third-order valence-electron chi connectivity index (χ3n) is 2.55. The molecule has 5 nitrogen and oxygen atoms in total. The molecule has 0 atom stereocenters. The number of anilines is 2. The molecule has 1 aromatic heterocycles. The van der Waals surface area contributed by atoms with Crippen molar-refractivity contribution >= 4 is 17.3 Å². The van der Waals surface area contributed by atoms with Gasteiger partial charge in [0.15, 0.2) is 0 Å². The van der Waals surface area contributed by atoms with Gasteiger partial charge in [0.2, 0.25) is 0 Å². The van der Waals surface area contributed by atoms with Gasteiger partial charge in [-0.15, -0.1) is 0 Å². The molecule has 1 heterocycles. The summed E-state index contributed by atoms with van der Waals surface area (Å²) in [5, 5.41) is 12.2. The second-order valence-corrected chi connectivity index (χ2v) is 3.92. The number of aromatic nitrogens is 1. The van der Waals surface area contributed by atoms with E-state index in [0.717, 1.165) is 5.56 Å². The number of amides is 1. The number of pyridine rings is 1.